The number of nitrogens with one attached hydrogen (secondary N) is 3. The zero-order valence-corrected chi connectivity index (χ0v) is 14.9. The summed E-state index contributed by atoms with van der Waals surface area (Å²) in [6, 6.07) is 0.370. The minimum Gasteiger partial charge on any atom is -0.356 e. The van der Waals surface area contributed by atoms with E-state index in [9.17, 15) is 4.79 Å². The average Bonchev–Trinajstić information content (AvgIpc) is 3.05. The molecule has 0 radical (unpaired) electrons. The van der Waals surface area contributed by atoms with Crippen LogP contribution in [0, 0.1) is 5.41 Å². The van der Waals surface area contributed by atoms with Gasteiger partial charge in [-0.25, -0.2) is 0 Å². The number of hydrogen-bond acceptors (Lipinski definition) is 2. The van der Waals surface area contributed by atoms with Crippen molar-refractivity contribution in [3.63, 3.8) is 0 Å². The van der Waals surface area contributed by atoms with Crippen LogP contribution in [0.5, 0.6) is 0 Å². The van der Waals surface area contributed by atoms with Crippen molar-refractivity contribution < 1.29 is 4.79 Å². The molecule has 0 bridgehead atoms. The summed E-state index contributed by atoms with van der Waals surface area (Å²) in [4.78, 5) is 16.3. The van der Waals surface area contributed by atoms with E-state index in [2.05, 4.69) is 27.9 Å². The summed E-state index contributed by atoms with van der Waals surface area (Å²) in [6.45, 7) is 3.53. The fourth-order valence-corrected chi connectivity index (χ4v) is 3.96. The highest BCUT2D eigenvalue weighted by Gasteiger charge is 2.31. The molecule has 3 N–H and O–H groups in total. The van der Waals surface area contributed by atoms with Crippen molar-refractivity contribution in [3.8, 4) is 0 Å². The maximum absolute atomic E-state index is 12.1. The van der Waals surface area contributed by atoms with Crippen molar-refractivity contribution in [2.75, 3.05) is 20.1 Å². The Morgan fingerprint density at radius 2 is 1.78 bits per heavy atom. The second kappa shape index (κ2) is 9.14. The van der Waals surface area contributed by atoms with Gasteiger partial charge in [-0.2, -0.15) is 0 Å². The summed E-state index contributed by atoms with van der Waals surface area (Å²) >= 11 is 0. The summed E-state index contributed by atoms with van der Waals surface area (Å²) in [6.07, 6.45) is 12.5. The van der Waals surface area contributed by atoms with E-state index in [1.165, 1.54) is 51.4 Å². The Hall–Kier alpha value is -1.26. The van der Waals surface area contributed by atoms with Gasteiger partial charge in [0.15, 0.2) is 5.96 Å². The maximum Gasteiger partial charge on any atom is 0.239 e. The van der Waals surface area contributed by atoms with E-state index in [1.807, 2.05) is 0 Å². The number of carbonyl (C=O) groups excluding carboxylic acids is 1. The first-order chi connectivity index (χ1) is 11.2. The van der Waals surface area contributed by atoms with E-state index in [0.717, 1.165) is 25.3 Å². The maximum atomic E-state index is 12.1. The molecule has 5 heteroatoms. The highest BCUT2D eigenvalue weighted by molar-refractivity contribution is 5.86. The van der Waals surface area contributed by atoms with Gasteiger partial charge in [0.05, 0.1) is 6.54 Å². The van der Waals surface area contributed by atoms with Crippen molar-refractivity contribution >= 4 is 11.9 Å². The van der Waals surface area contributed by atoms with Gasteiger partial charge >= 0.3 is 0 Å². The number of carbonyl (C=O) groups is 1. The van der Waals surface area contributed by atoms with E-state index in [-0.39, 0.29) is 5.91 Å². The molecular weight excluding hydrogens is 288 g/mol. The molecule has 2 saturated carbocycles. The molecule has 2 aliphatic carbocycles. The molecule has 2 rings (SSSR count). The van der Waals surface area contributed by atoms with Gasteiger partial charge in [-0.3, -0.25) is 9.79 Å². The van der Waals surface area contributed by atoms with Crippen LogP contribution in [-0.4, -0.2) is 38.0 Å². The molecule has 0 unspecified atom stereocenters. The Morgan fingerprint density at radius 1 is 1.09 bits per heavy atom. The lowest BCUT2D eigenvalue weighted by Gasteiger charge is -2.28. The molecule has 1 amide bonds. The fourth-order valence-electron chi connectivity index (χ4n) is 3.96. The second-order valence-corrected chi connectivity index (χ2v) is 7.24. The molecule has 5 nitrogen and oxygen atoms in total. The van der Waals surface area contributed by atoms with E-state index < -0.39 is 0 Å². The number of nitrogens with zero attached hydrogens (tertiary/aromatic N) is 1. The number of aliphatic imine (C=N–C) groups is 1. The first-order valence-corrected chi connectivity index (χ1v) is 9.41. The first-order valence-electron chi connectivity index (χ1n) is 9.41. The Morgan fingerprint density at radius 3 is 2.39 bits per heavy atom. The number of guanidine groups is 1. The highest BCUT2D eigenvalue weighted by Crippen LogP contribution is 2.40. The van der Waals surface area contributed by atoms with Gasteiger partial charge in [0.2, 0.25) is 5.91 Å². The molecule has 132 valence electrons. The van der Waals surface area contributed by atoms with Crippen LogP contribution in [0.4, 0.5) is 0 Å². The smallest absolute Gasteiger partial charge is 0.239 e. The normalized spacial score (nSPS) is 21.9. The predicted molar refractivity (Wildman–Crippen MR) is 95.6 cm³/mol. The molecule has 0 saturated heterocycles. The zero-order chi connectivity index (χ0) is 16.5. The van der Waals surface area contributed by atoms with Crippen LogP contribution < -0.4 is 16.0 Å². The Kier molecular flexibility index (Phi) is 7.18. The van der Waals surface area contributed by atoms with Crippen LogP contribution >= 0.6 is 0 Å². The molecule has 0 aromatic rings. The van der Waals surface area contributed by atoms with Crippen LogP contribution in [0.25, 0.3) is 0 Å². The molecule has 23 heavy (non-hydrogen) atoms. The molecule has 2 aliphatic rings. The van der Waals surface area contributed by atoms with Gasteiger partial charge in [0.1, 0.15) is 0 Å². The highest BCUT2D eigenvalue weighted by atomic mass is 16.2. The van der Waals surface area contributed by atoms with E-state index >= 15 is 0 Å². The molecular formula is C18H34N4O. The van der Waals surface area contributed by atoms with Crippen molar-refractivity contribution in [2.24, 2.45) is 10.4 Å². The zero-order valence-electron chi connectivity index (χ0n) is 14.9. The molecule has 2 fully saturated rings. The number of hydrogen-bond donors (Lipinski definition) is 3. The lowest BCUT2D eigenvalue weighted by atomic mass is 9.83. The van der Waals surface area contributed by atoms with Gasteiger partial charge in [-0.15, -0.1) is 0 Å². The molecule has 0 aromatic carbocycles. The third kappa shape index (κ3) is 5.70. The van der Waals surface area contributed by atoms with Crippen LogP contribution in [0.2, 0.25) is 0 Å². The van der Waals surface area contributed by atoms with Crippen molar-refractivity contribution in [3.05, 3.63) is 0 Å². The van der Waals surface area contributed by atoms with Crippen LogP contribution in [0.1, 0.15) is 71.1 Å². The number of rotatable bonds is 6. The van der Waals surface area contributed by atoms with Crippen LogP contribution in [0.3, 0.4) is 0 Å². The standard InChI is InChI=1S/C18H34N4O/c1-3-18(11-7-8-12-18)14-21-17(19-2)20-13-16(23)22-15-9-5-4-6-10-15/h15H,3-14H2,1-2H3,(H,22,23)(H2,19,20,21). The average molecular weight is 322 g/mol. The van der Waals surface area contributed by atoms with Crippen molar-refractivity contribution in [1.82, 2.24) is 16.0 Å². The Bertz CT molecular complexity index is 396. The summed E-state index contributed by atoms with van der Waals surface area (Å²) < 4.78 is 0. The summed E-state index contributed by atoms with van der Waals surface area (Å²) in [5.74, 6) is 0.814. The minimum absolute atomic E-state index is 0.0749. The number of amides is 1. The van der Waals surface area contributed by atoms with Crippen molar-refractivity contribution in [1.29, 1.82) is 0 Å². The van der Waals surface area contributed by atoms with Gasteiger partial charge < -0.3 is 16.0 Å². The second-order valence-electron chi connectivity index (χ2n) is 7.24. The molecule has 0 atom stereocenters. The van der Waals surface area contributed by atoms with Gasteiger partial charge in [0.25, 0.3) is 0 Å². The van der Waals surface area contributed by atoms with E-state index in [1.54, 1.807) is 7.05 Å². The topological polar surface area (TPSA) is 65.5 Å². The van der Waals surface area contributed by atoms with Gasteiger partial charge in [-0.1, -0.05) is 39.0 Å². The first kappa shape index (κ1) is 18.1. The van der Waals surface area contributed by atoms with Gasteiger partial charge in [-0.05, 0) is 37.5 Å². The third-order valence-corrected chi connectivity index (χ3v) is 5.66. The molecule has 0 aliphatic heterocycles. The van der Waals surface area contributed by atoms with E-state index in [4.69, 9.17) is 0 Å². The summed E-state index contributed by atoms with van der Waals surface area (Å²) in [5, 5.41) is 9.70. The fraction of sp³-hybridized carbons (Fsp3) is 0.889. The largest absolute Gasteiger partial charge is 0.356 e. The quantitative estimate of drug-likeness (QED) is 0.520. The molecule has 0 aromatic heterocycles. The lowest BCUT2D eigenvalue weighted by Crippen LogP contribution is -2.47. The SMILES string of the molecule is CCC1(CNC(=NC)NCC(=O)NC2CCCCC2)CCCC1. The van der Waals surface area contributed by atoms with Crippen LogP contribution in [0.15, 0.2) is 4.99 Å². The van der Waals surface area contributed by atoms with Crippen molar-refractivity contribution in [2.45, 2.75) is 77.2 Å². The molecule has 0 heterocycles. The third-order valence-electron chi connectivity index (χ3n) is 5.66. The predicted octanol–water partition coefficient (Wildman–Crippen LogP) is 2.57. The van der Waals surface area contributed by atoms with E-state index in [0.29, 0.717) is 18.0 Å². The Labute approximate surface area is 141 Å². The lowest BCUT2D eigenvalue weighted by molar-refractivity contribution is -0.120. The summed E-state index contributed by atoms with van der Waals surface area (Å²) in [7, 11) is 1.77. The molecule has 0 spiro atoms. The monoisotopic (exact) mass is 322 g/mol. The minimum atomic E-state index is 0.0749. The summed E-state index contributed by atoms with van der Waals surface area (Å²) in [5.41, 5.74) is 0.419. The van der Waals surface area contributed by atoms with Crippen LogP contribution in [-0.2, 0) is 4.79 Å². The van der Waals surface area contributed by atoms with Gasteiger partial charge in [0, 0.05) is 19.6 Å². The Balaban J connectivity index is 1.68.